The summed E-state index contributed by atoms with van der Waals surface area (Å²) >= 11 is 3.53. The predicted octanol–water partition coefficient (Wildman–Crippen LogP) is 6.38. The molecule has 4 aromatic carbocycles. The molecule has 1 heterocycles. The summed E-state index contributed by atoms with van der Waals surface area (Å²) in [6.07, 6.45) is 1.01. The molecule has 2 atom stereocenters. The van der Waals surface area contributed by atoms with Crippen molar-refractivity contribution >= 4 is 27.7 Å². The van der Waals surface area contributed by atoms with E-state index < -0.39 is 11.6 Å². The minimum Gasteiger partial charge on any atom is -0.494 e. The smallest absolute Gasteiger partial charge is 0.252 e. The van der Waals surface area contributed by atoms with Gasteiger partial charge in [0, 0.05) is 36.0 Å². The quantitative estimate of drug-likeness (QED) is 0.179. The Bertz CT molecular complexity index is 1490. The van der Waals surface area contributed by atoms with Crippen LogP contribution in [-0.2, 0) is 22.4 Å². The highest BCUT2D eigenvalue weighted by molar-refractivity contribution is 9.10. The Morgan fingerprint density at radius 1 is 0.952 bits per heavy atom. The van der Waals surface area contributed by atoms with Crippen LogP contribution in [0, 0.1) is 6.92 Å². The molecule has 42 heavy (non-hydrogen) atoms. The van der Waals surface area contributed by atoms with Crippen molar-refractivity contribution in [3.05, 3.63) is 135 Å². The number of aliphatic hydroxyl groups excluding tert-OH is 1. The lowest BCUT2D eigenvalue weighted by Crippen LogP contribution is -2.50. The van der Waals surface area contributed by atoms with Gasteiger partial charge in [0.2, 0.25) is 5.90 Å². The summed E-state index contributed by atoms with van der Waals surface area (Å²) in [5.41, 5.74) is 3.76. The molecule has 5 rings (SSSR count). The van der Waals surface area contributed by atoms with Gasteiger partial charge in [-0.3, -0.25) is 4.79 Å². The lowest BCUT2D eigenvalue weighted by molar-refractivity contribution is -0.128. The van der Waals surface area contributed by atoms with Gasteiger partial charge in [0.1, 0.15) is 5.75 Å². The van der Waals surface area contributed by atoms with Gasteiger partial charge >= 0.3 is 0 Å². The van der Waals surface area contributed by atoms with E-state index in [9.17, 15) is 4.79 Å². The molecule has 1 amide bonds. The van der Waals surface area contributed by atoms with Gasteiger partial charge in [0.05, 0.1) is 6.61 Å². The lowest BCUT2D eigenvalue weighted by Gasteiger charge is -2.31. The maximum atomic E-state index is 14.3. The van der Waals surface area contributed by atoms with Crippen LogP contribution < -0.4 is 10.1 Å². The first-order valence-corrected chi connectivity index (χ1v) is 15.0. The molecule has 1 aliphatic heterocycles. The van der Waals surface area contributed by atoms with Crippen LogP contribution >= 0.6 is 15.9 Å². The Labute approximate surface area is 255 Å². The fourth-order valence-corrected chi connectivity index (χ4v) is 5.32. The van der Waals surface area contributed by atoms with E-state index in [0.29, 0.717) is 44.1 Å². The molecule has 0 aliphatic carbocycles. The molecule has 0 unspecified atom stereocenters. The Kier molecular flexibility index (Phi) is 9.72. The highest BCUT2D eigenvalue weighted by Gasteiger charge is 2.53. The average Bonchev–Trinajstić information content (AvgIpc) is 3.40. The molecule has 2 N–H and O–H groups in total. The monoisotopic (exact) mass is 626 g/mol. The fraction of sp³-hybridized carbons (Fsp3) is 0.257. The number of carbonyl (C=O) groups is 1. The number of ether oxygens (including phenoxy) is 2. The van der Waals surface area contributed by atoms with Crippen LogP contribution in [0.3, 0.4) is 0 Å². The van der Waals surface area contributed by atoms with Gasteiger partial charge in [-0.05, 0) is 66.4 Å². The maximum absolute atomic E-state index is 14.3. The molecule has 6 nitrogen and oxygen atoms in total. The Hall–Kier alpha value is -3.94. The Morgan fingerprint density at radius 3 is 2.36 bits per heavy atom. The van der Waals surface area contributed by atoms with Gasteiger partial charge in [-0.2, -0.15) is 0 Å². The molecule has 0 aromatic heterocycles. The highest BCUT2D eigenvalue weighted by Crippen LogP contribution is 2.42. The molecular formula is C35H35BrN2O4. The Balaban J connectivity index is 1.49. The van der Waals surface area contributed by atoms with Crippen molar-refractivity contribution in [2.24, 2.45) is 4.99 Å². The van der Waals surface area contributed by atoms with Crippen molar-refractivity contribution in [1.82, 2.24) is 5.32 Å². The molecule has 7 heteroatoms. The van der Waals surface area contributed by atoms with E-state index in [1.807, 2.05) is 78.9 Å². The number of hydrogen-bond donors (Lipinski definition) is 2. The van der Waals surface area contributed by atoms with Gasteiger partial charge in [0.15, 0.2) is 11.6 Å². The molecule has 4 aromatic rings. The van der Waals surface area contributed by atoms with Crippen molar-refractivity contribution < 1.29 is 19.4 Å². The van der Waals surface area contributed by atoms with Gasteiger partial charge in [0.25, 0.3) is 5.91 Å². The first kappa shape index (κ1) is 29.5. The number of rotatable bonds is 12. The fourth-order valence-electron chi connectivity index (χ4n) is 5.06. The summed E-state index contributed by atoms with van der Waals surface area (Å²) in [7, 11) is 0. The minimum absolute atomic E-state index is 0.0801. The van der Waals surface area contributed by atoms with E-state index in [4.69, 9.17) is 19.6 Å². The van der Waals surface area contributed by atoms with Crippen LogP contribution in [0.4, 0.5) is 0 Å². The molecule has 0 radical (unpaired) electrons. The predicted molar refractivity (Wildman–Crippen MR) is 169 cm³/mol. The van der Waals surface area contributed by atoms with E-state index in [0.717, 1.165) is 26.7 Å². The van der Waals surface area contributed by atoms with Gasteiger partial charge in [-0.1, -0.05) is 88.2 Å². The number of benzene rings is 4. The summed E-state index contributed by atoms with van der Waals surface area (Å²) < 4.78 is 13.2. The largest absolute Gasteiger partial charge is 0.494 e. The third kappa shape index (κ3) is 7.09. The van der Waals surface area contributed by atoms with E-state index in [1.165, 1.54) is 5.56 Å². The normalized spacial score (nSPS) is 17.8. The standard InChI is InChI=1S/C35H35BrN2O4/c1-25-8-10-26(11-9-25)20-21-37-34(40)35(24-27-6-3-2-4-7-27)32(28-12-16-30(36)17-13-28)42-33(38-35)29-14-18-31(19-15-29)41-23-5-22-39/h2-4,6-19,32,39H,5,20-24H2,1H3,(H,37,40)/t32-,35-/m1/s1. The molecular weight excluding hydrogens is 592 g/mol. The Morgan fingerprint density at radius 2 is 1.67 bits per heavy atom. The zero-order valence-corrected chi connectivity index (χ0v) is 25.2. The van der Waals surface area contributed by atoms with Crippen LogP contribution in [0.5, 0.6) is 5.75 Å². The number of hydrogen-bond acceptors (Lipinski definition) is 5. The number of carbonyl (C=O) groups excluding carboxylic acids is 1. The second-order valence-electron chi connectivity index (χ2n) is 10.5. The molecule has 0 fully saturated rings. The number of halogens is 1. The SMILES string of the molecule is Cc1ccc(CCNC(=O)[C@]2(Cc3ccccc3)N=C(c3ccc(OCCCO)cc3)O[C@@H]2c2ccc(Br)cc2)cc1. The summed E-state index contributed by atoms with van der Waals surface area (Å²) in [5.74, 6) is 0.930. The second-order valence-corrected chi connectivity index (χ2v) is 11.4. The summed E-state index contributed by atoms with van der Waals surface area (Å²) in [5, 5.41) is 12.2. The van der Waals surface area contributed by atoms with E-state index in [1.54, 1.807) is 0 Å². The topological polar surface area (TPSA) is 80.2 Å². The molecule has 1 aliphatic rings. The number of aliphatic hydroxyl groups is 1. The van der Waals surface area contributed by atoms with Gasteiger partial charge < -0.3 is 19.9 Å². The van der Waals surface area contributed by atoms with Crippen LogP contribution in [0.1, 0.15) is 40.3 Å². The summed E-state index contributed by atoms with van der Waals surface area (Å²) in [6.45, 7) is 3.06. The lowest BCUT2D eigenvalue weighted by atomic mass is 9.82. The van der Waals surface area contributed by atoms with Crippen LogP contribution in [0.15, 0.2) is 113 Å². The first-order chi connectivity index (χ1) is 20.5. The summed E-state index contributed by atoms with van der Waals surface area (Å²) in [6, 6.07) is 33.7. The molecule has 216 valence electrons. The molecule has 0 spiro atoms. The average molecular weight is 628 g/mol. The molecule has 0 saturated heterocycles. The van der Waals surface area contributed by atoms with Crippen LogP contribution in [-0.4, -0.2) is 42.2 Å². The first-order valence-electron chi connectivity index (χ1n) is 14.2. The van der Waals surface area contributed by atoms with Crippen molar-refractivity contribution in [2.45, 2.75) is 37.8 Å². The van der Waals surface area contributed by atoms with E-state index >= 15 is 0 Å². The number of nitrogens with zero attached hydrogens (tertiary/aromatic N) is 1. The number of amides is 1. The third-order valence-corrected chi connectivity index (χ3v) is 7.87. The van der Waals surface area contributed by atoms with Crippen LogP contribution in [0.2, 0.25) is 0 Å². The van der Waals surface area contributed by atoms with E-state index in [-0.39, 0.29) is 12.5 Å². The van der Waals surface area contributed by atoms with Crippen molar-refractivity contribution in [3.8, 4) is 5.75 Å². The molecule has 0 saturated carbocycles. The van der Waals surface area contributed by atoms with Gasteiger partial charge in [-0.25, -0.2) is 4.99 Å². The summed E-state index contributed by atoms with van der Waals surface area (Å²) in [4.78, 5) is 19.4. The van der Waals surface area contributed by atoms with Crippen molar-refractivity contribution in [1.29, 1.82) is 0 Å². The zero-order valence-electron chi connectivity index (χ0n) is 23.6. The molecule has 0 bridgehead atoms. The number of aryl methyl sites for hydroxylation is 1. The number of nitrogens with one attached hydrogen (secondary N) is 1. The minimum atomic E-state index is -1.23. The zero-order chi connectivity index (χ0) is 29.4. The van der Waals surface area contributed by atoms with Crippen LogP contribution in [0.25, 0.3) is 0 Å². The van der Waals surface area contributed by atoms with Crippen molar-refractivity contribution in [3.63, 3.8) is 0 Å². The van der Waals surface area contributed by atoms with E-state index in [2.05, 4.69) is 52.4 Å². The van der Waals surface area contributed by atoms with Crippen molar-refractivity contribution in [2.75, 3.05) is 19.8 Å². The van der Waals surface area contributed by atoms with Gasteiger partial charge in [-0.15, -0.1) is 0 Å². The maximum Gasteiger partial charge on any atom is 0.252 e. The third-order valence-electron chi connectivity index (χ3n) is 7.34. The number of aliphatic imine (C=N–C) groups is 1. The second kappa shape index (κ2) is 13.8. The highest BCUT2D eigenvalue weighted by atomic mass is 79.9.